The first kappa shape index (κ1) is 28.7. The molecule has 0 saturated carbocycles. The topological polar surface area (TPSA) is 74.2 Å². The van der Waals surface area contributed by atoms with Crippen molar-refractivity contribution in [3.05, 3.63) is 107 Å². The van der Waals surface area contributed by atoms with Crippen LogP contribution in [0.1, 0.15) is 61.8 Å². The van der Waals surface area contributed by atoms with E-state index >= 15 is 0 Å². The van der Waals surface area contributed by atoms with Gasteiger partial charge in [0, 0.05) is 0 Å². The Morgan fingerprint density at radius 2 is 0.775 bits per heavy atom. The second-order valence-electron chi connectivity index (χ2n) is 10.1. The maximum atomic E-state index is 4.44. The van der Waals surface area contributed by atoms with E-state index in [1.807, 2.05) is 74.5 Å². The highest BCUT2D eigenvalue weighted by molar-refractivity contribution is 5.56. The van der Waals surface area contributed by atoms with Gasteiger partial charge in [-0.25, -0.2) is 0 Å². The third kappa shape index (κ3) is 8.60. The third-order valence-corrected chi connectivity index (χ3v) is 6.70. The zero-order valence-electron chi connectivity index (χ0n) is 24.0. The van der Waals surface area contributed by atoms with Crippen LogP contribution in [0.25, 0.3) is 0 Å². The van der Waals surface area contributed by atoms with E-state index < -0.39 is 0 Å². The molecule has 0 aliphatic carbocycles. The number of unbranched alkanes of at least 4 members (excludes halogenated alkanes) is 2. The molecule has 0 fully saturated rings. The van der Waals surface area contributed by atoms with Crippen molar-refractivity contribution in [3.63, 3.8) is 0 Å². The van der Waals surface area contributed by atoms with Crippen molar-refractivity contribution in [2.45, 2.75) is 66.2 Å². The van der Waals surface area contributed by atoms with E-state index in [9.17, 15) is 0 Å². The summed E-state index contributed by atoms with van der Waals surface area (Å²) in [5.41, 5.74) is 9.51. The number of hydrogen-bond acceptors (Lipinski definition) is 6. The molecule has 0 saturated heterocycles. The van der Waals surface area contributed by atoms with Gasteiger partial charge in [-0.15, -0.1) is 0 Å². The molecule has 4 aromatic rings. The molecule has 6 nitrogen and oxygen atoms in total. The lowest BCUT2D eigenvalue weighted by molar-refractivity contribution is 0.795. The predicted molar refractivity (Wildman–Crippen MR) is 165 cm³/mol. The third-order valence-electron chi connectivity index (χ3n) is 6.70. The molecule has 4 aromatic carbocycles. The summed E-state index contributed by atoms with van der Waals surface area (Å²) < 4.78 is 0. The first-order valence-electron chi connectivity index (χ1n) is 14.2. The van der Waals surface area contributed by atoms with E-state index in [4.69, 9.17) is 0 Å². The smallest absolute Gasteiger partial charge is 0.0887 e. The normalized spacial score (nSPS) is 11.8. The highest BCUT2D eigenvalue weighted by Gasteiger charge is 2.02. The van der Waals surface area contributed by atoms with Gasteiger partial charge in [-0.1, -0.05) is 51.0 Å². The molecule has 0 unspecified atom stereocenters. The predicted octanol–water partition coefficient (Wildman–Crippen LogP) is 12.2. The summed E-state index contributed by atoms with van der Waals surface area (Å²) in [5, 5.41) is 26.5. The number of benzene rings is 4. The van der Waals surface area contributed by atoms with E-state index in [1.54, 1.807) is 0 Å². The highest BCUT2D eigenvalue weighted by atomic mass is 15.1. The fourth-order valence-corrected chi connectivity index (χ4v) is 4.19. The molecular formula is C34H38N6. The van der Waals surface area contributed by atoms with Crippen LogP contribution < -0.4 is 0 Å². The molecule has 0 atom stereocenters. The zero-order chi connectivity index (χ0) is 28.2. The van der Waals surface area contributed by atoms with Crippen molar-refractivity contribution in [1.29, 1.82) is 0 Å². The quantitative estimate of drug-likeness (QED) is 0.163. The van der Waals surface area contributed by atoms with Crippen LogP contribution >= 0.6 is 0 Å². The average molecular weight is 531 g/mol. The van der Waals surface area contributed by atoms with Gasteiger partial charge in [-0.2, -0.15) is 30.7 Å². The molecule has 40 heavy (non-hydrogen) atoms. The first-order valence-corrected chi connectivity index (χ1v) is 14.2. The van der Waals surface area contributed by atoms with Crippen molar-refractivity contribution in [2.24, 2.45) is 30.7 Å². The number of azo groups is 3. The minimum absolute atomic E-state index is 0.764. The summed E-state index contributed by atoms with van der Waals surface area (Å²) in [6, 6.07) is 28.2. The minimum Gasteiger partial charge on any atom is -0.151 e. The van der Waals surface area contributed by atoms with Crippen LogP contribution in [0.2, 0.25) is 0 Å². The fraction of sp³-hybridized carbons (Fsp3) is 0.294. The van der Waals surface area contributed by atoms with Crippen molar-refractivity contribution in [1.82, 2.24) is 0 Å². The van der Waals surface area contributed by atoms with Gasteiger partial charge in [0.2, 0.25) is 0 Å². The molecule has 0 heterocycles. The summed E-state index contributed by atoms with van der Waals surface area (Å²) in [6.45, 7) is 8.42. The van der Waals surface area contributed by atoms with Crippen LogP contribution in [-0.2, 0) is 12.8 Å². The largest absolute Gasteiger partial charge is 0.151 e. The number of rotatable bonds is 12. The van der Waals surface area contributed by atoms with E-state index in [1.165, 1.54) is 36.8 Å². The fourth-order valence-electron chi connectivity index (χ4n) is 4.19. The van der Waals surface area contributed by atoms with E-state index in [2.05, 4.69) is 68.8 Å². The van der Waals surface area contributed by atoms with Gasteiger partial charge in [-0.05, 0) is 122 Å². The zero-order valence-corrected chi connectivity index (χ0v) is 24.0. The summed E-state index contributed by atoms with van der Waals surface area (Å²) in [6.07, 6.45) is 7.01. The monoisotopic (exact) mass is 530 g/mol. The molecule has 0 radical (unpaired) electrons. The summed E-state index contributed by atoms with van der Waals surface area (Å²) in [4.78, 5) is 0. The Balaban J connectivity index is 1.36. The lowest BCUT2D eigenvalue weighted by Gasteiger charge is -2.03. The van der Waals surface area contributed by atoms with Crippen LogP contribution in [0.3, 0.4) is 0 Å². The summed E-state index contributed by atoms with van der Waals surface area (Å²) >= 11 is 0. The van der Waals surface area contributed by atoms with Gasteiger partial charge in [0.1, 0.15) is 0 Å². The Bertz CT molecular complexity index is 1350. The lowest BCUT2D eigenvalue weighted by Crippen LogP contribution is -1.82. The molecule has 0 bridgehead atoms. The maximum absolute atomic E-state index is 4.44. The molecule has 6 heteroatoms. The Labute approximate surface area is 238 Å². The summed E-state index contributed by atoms with van der Waals surface area (Å²) in [7, 11) is 0. The molecular weight excluding hydrogens is 492 g/mol. The van der Waals surface area contributed by atoms with Crippen LogP contribution in [0.15, 0.2) is 116 Å². The van der Waals surface area contributed by atoms with Crippen LogP contribution in [0.4, 0.5) is 34.1 Å². The van der Waals surface area contributed by atoms with Crippen molar-refractivity contribution >= 4 is 34.1 Å². The van der Waals surface area contributed by atoms with Crippen LogP contribution in [0.5, 0.6) is 0 Å². The lowest BCUT2D eigenvalue weighted by atomic mass is 10.1. The second kappa shape index (κ2) is 14.7. The molecule has 0 N–H and O–H groups in total. The van der Waals surface area contributed by atoms with Crippen molar-refractivity contribution in [3.8, 4) is 0 Å². The average Bonchev–Trinajstić information content (AvgIpc) is 2.98. The van der Waals surface area contributed by atoms with E-state index in [-0.39, 0.29) is 0 Å². The molecule has 0 aliphatic rings. The van der Waals surface area contributed by atoms with E-state index in [0.29, 0.717) is 0 Å². The summed E-state index contributed by atoms with van der Waals surface area (Å²) in [5.74, 6) is 0. The SMILES string of the molecule is CCCCc1ccc(N=Nc2ccc(N=Nc3ccc(N=Nc4ccc(CCCC)cc4)c(C)c3)cc2C)cc1. The van der Waals surface area contributed by atoms with Gasteiger partial charge < -0.3 is 0 Å². The standard InChI is InChI=1S/C34H38N6/c1-5-7-9-27-11-15-29(16-12-27)35-39-33-21-19-31(23-25(33)3)37-38-32-20-22-34(26(4)24-32)40-36-30-17-13-28(14-18-30)10-8-6-2/h11-24H,5-10H2,1-4H3. The molecule has 0 spiro atoms. The highest BCUT2D eigenvalue weighted by Crippen LogP contribution is 2.30. The molecule has 204 valence electrons. The van der Waals surface area contributed by atoms with Crippen LogP contribution in [0, 0.1) is 13.8 Å². The van der Waals surface area contributed by atoms with Crippen molar-refractivity contribution < 1.29 is 0 Å². The van der Waals surface area contributed by atoms with Crippen LogP contribution in [-0.4, -0.2) is 0 Å². The Morgan fingerprint density at radius 1 is 0.425 bits per heavy atom. The van der Waals surface area contributed by atoms with Crippen molar-refractivity contribution in [2.75, 3.05) is 0 Å². The number of aryl methyl sites for hydroxylation is 4. The van der Waals surface area contributed by atoms with E-state index in [0.717, 1.165) is 58.1 Å². The Kier molecular flexibility index (Phi) is 10.6. The minimum atomic E-state index is 0.764. The molecule has 4 rings (SSSR count). The molecule has 0 amide bonds. The van der Waals surface area contributed by atoms with Gasteiger partial charge >= 0.3 is 0 Å². The van der Waals surface area contributed by atoms with Gasteiger partial charge in [0.15, 0.2) is 0 Å². The Hall–Kier alpha value is -4.32. The second-order valence-corrected chi connectivity index (χ2v) is 10.1. The first-order chi connectivity index (χ1) is 19.5. The maximum Gasteiger partial charge on any atom is 0.0887 e. The number of hydrogen-bond donors (Lipinski definition) is 0. The Morgan fingerprint density at radius 3 is 1.12 bits per heavy atom. The molecule has 0 aliphatic heterocycles. The van der Waals surface area contributed by atoms with Gasteiger partial charge in [0.05, 0.1) is 34.1 Å². The molecule has 0 aromatic heterocycles. The van der Waals surface area contributed by atoms with Gasteiger partial charge in [-0.3, -0.25) is 0 Å². The number of nitrogens with zero attached hydrogens (tertiary/aromatic N) is 6. The van der Waals surface area contributed by atoms with Gasteiger partial charge in [0.25, 0.3) is 0 Å².